The molecule has 2 aromatic heterocycles. The molecule has 0 saturated carbocycles. The zero-order valence-electron chi connectivity index (χ0n) is 21.1. The van der Waals surface area contributed by atoms with E-state index in [-0.39, 0.29) is 5.60 Å². The summed E-state index contributed by atoms with van der Waals surface area (Å²) in [5, 5.41) is 22.8. The van der Waals surface area contributed by atoms with Gasteiger partial charge in [0.25, 0.3) is 0 Å². The van der Waals surface area contributed by atoms with Crippen molar-refractivity contribution in [3.8, 4) is 0 Å². The fourth-order valence-electron chi connectivity index (χ4n) is 3.95. The van der Waals surface area contributed by atoms with Crippen molar-refractivity contribution in [2.45, 2.75) is 51.2 Å². The van der Waals surface area contributed by atoms with Gasteiger partial charge in [-0.15, -0.1) is 16.4 Å². The number of carboxylic acids is 2. The summed E-state index contributed by atoms with van der Waals surface area (Å²) in [4.78, 5) is 25.5. The normalized spacial score (nSPS) is 19.9. The van der Waals surface area contributed by atoms with Gasteiger partial charge in [0.05, 0.1) is 17.9 Å². The van der Waals surface area contributed by atoms with E-state index in [9.17, 15) is 26.3 Å². The molecule has 2 aromatic rings. The number of thiophene rings is 1. The molecule has 9 nitrogen and oxygen atoms in total. The first kappa shape index (κ1) is 32.2. The number of aromatic nitrogens is 2. The van der Waals surface area contributed by atoms with Crippen molar-refractivity contribution in [1.82, 2.24) is 15.1 Å². The summed E-state index contributed by atoms with van der Waals surface area (Å²) in [5.74, 6) is -4.54. The van der Waals surface area contributed by atoms with E-state index in [2.05, 4.69) is 45.1 Å². The van der Waals surface area contributed by atoms with Crippen LogP contribution in [-0.4, -0.2) is 88.0 Å². The molecule has 2 saturated heterocycles. The average Bonchev–Trinajstić information content (AvgIpc) is 3.23. The van der Waals surface area contributed by atoms with Gasteiger partial charge >= 0.3 is 24.3 Å². The molecule has 1 unspecified atom stereocenters. The first-order valence-corrected chi connectivity index (χ1v) is 12.4. The van der Waals surface area contributed by atoms with Crippen molar-refractivity contribution in [3.63, 3.8) is 0 Å². The van der Waals surface area contributed by atoms with Gasteiger partial charge in [-0.25, -0.2) is 9.59 Å². The molecule has 0 amide bonds. The molecule has 2 aliphatic heterocycles. The topological polar surface area (TPSA) is 116 Å². The van der Waals surface area contributed by atoms with E-state index in [4.69, 9.17) is 24.5 Å². The highest BCUT2D eigenvalue weighted by atomic mass is 32.1. The molecule has 2 aliphatic rings. The number of carbonyl (C=O) groups is 2. The molecule has 4 heterocycles. The number of ether oxygens (including phenoxy) is 1. The van der Waals surface area contributed by atoms with Crippen LogP contribution in [0, 0.1) is 13.8 Å². The Bertz CT molecular complexity index is 1070. The van der Waals surface area contributed by atoms with Crippen LogP contribution in [0.2, 0.25) is 0 Å². The SMILES string of the molecule is Cc1ccc(N2CCCC3(CN(Cc4ccc(C)s4)CCO3)C2)nn1.O=C(O)C(F)(F)F.O=C(O)C(F)(F)F. The highest BCUT2D eigenvalue weighted by Crippen LogP contribution is 2.32. The lowest BCUT2D eigenvalue weighted by atomic mass is 9.90. The number of piperidine rings is 1. The highest BCUT2D eigenvalue weighted by molar-refractivity contribution is 7.11. The Hall–Kier alpha value is -2.98. The number of morpholine rings is 1. The first-order valence-electron chi connectivity index (χ1n) is 11.6. The number of aliphatic carboxylic acids is 2. The van der Waals surface area contributed by atoms with Gasteiger partial charge in [0.1, 0.15) is 0 Å². The van der Waals surface area contributed by atoms with Crippen LogP contribution in [0.1, 0.15) is 28.3 Å². The summed E-state index contributed by atoms with van der Waals surface area (Å²) >= 11 is 1.90. The maximum Gasteiger partial charge on any atom is 0.490 e. The number of halogens is 6. The van der Waals surface area contributed by atoms with Gasteiger partial charge in [-0.1, -0.05) is 0 Å². The molecule has 0 aromatic carbocycles. The van der Waals surface area contributed by atoms with Crippen LogP contribution in [0.5, 0.6) is 0 Å². The number of hydrogen-bond acceptors (Lipinski definition) is 8. The molecule has 2 fully saturated rings. The zero-order valence-corrected chi connectivity index (χ0v) is 21.9. The molecule has 0 aliphatic carbocycles. The predicted octanol–water partition coefficient (Wildman–Crippen LogP) is 4.29. The fraction of sp³-hybridized carbons (Fsp3) is 0.565. The van der Waals surface area contributed by atoms with Gasteiger partial charge in [0, 0.05) is 42.5 Å². The van der Waals surface area contributed by atoms with Crippen LogP contribution < -0.4 is 4.90 Å². The summed E-state index contributed by atoms with van der Waals surface area (Å²) in [7, 11) is 0. The Kier molecular flexibility index (Phi) is 11.1. The van der Waals surface area contributed by atoms with E-state index in [0.717, 1.165) is 63.7 Å². The second-order valence-electron chi connectivity index (χ2n) is 8.92. The maximum atomic E-state index is 10.6. The quantitative estimate of drug-likeness (QED) is 0.508. The Morgan fingerprint density at radius 2 is 1.59 bits per heavy atom. The van der Waals surface area contributed by atoms with E-state index in [1.807, 2.05) is 24.3 Å². The number of alkyl halides is 6. The number of hydrogen-bond donors (Lipinski definition) is 2. The lowest BCUT2D eigenvalue weighted by Crippen LogP contribution is -2.59. The maximum absolute atomic E-state index is 10.6. The second-order valence-corrected chi connectivity index (χ2v) is 10.3. The van der Waals surface area contributed by atoms with Crippen molar-refractivity contribution in [3.05, 3.63) is 39.7 Å². The van der Waals surface area contributed by atoms with Crippen LogP contribution in [0.15, 0.2) is 24.3 Å². The van der Waals surface area contributed by atoms with E-state index in [1.165, 1.54) is 9.75 Å². The zero-order chi connectivity index (χ0) is 29.4. The molecule has 0 radical (unpaired) electrons. The van der Waals surface area contributed by atoms with Crippen molar-refractivity contribution < 1.29 is 50.9 Å². The molecule has 1 atom stereocenters. The van der Waals surface area contributed by atoms with Gasteiger partial charge in [-0.05, 0) is 51.0 Å². The third kappa shape index (κ3) is 10.6. The number of rotatable bonds is 3. The number of aryl methyl sites for hydroxylation is 2. The smallest absolute Gasteiger partial charge is 0.475 e. The van der Waals surface area contributed by atoms with E-state index in [0.29, 0.717) is 0 Å². The summed E-state index contributed by atoms with van der Waals surface area (Å²) in [5.41, 5.74) is 0.886. The Balaban J connectivity index is 0.000000317. The van der Waals surface area contributed by atoms with Crippen LogP contribution >= 0.6 is 11.3 Å². The lowest BCUT2D eigenvalue weighted by molar-refractivity contribution is -0.193. The van der Waals surface area contributed by atoms with Crippen molar-refractivity contribution in [2.75, 3.05) is 37.7 Å². The van der Waals surface area contributed by atoms with Crippen molar-refractivity contribution in [2.24, 2.45) is 0 Å². The molecule has 2 N–H and O–H groups in total. The fourth-order valence-corrected chi connectivity index (χ4v) is 4.88. The van der Waals surface area contributed by atoms with Gasteiger partial charge in [0.2, 0.25) is 0 Å². The Morgan fingerprint density at radius 1 is 0.974 bits per heavy atom. The average molecular weight is 587 g/mol. The minimum Gasteiger partial charge on any atom is -0.475 e. The van der Waals surface area contributed by atoms with Crippen LogP contribution in [0.4, 0.5) is 32.2 Å². The molecular formula is C23H28F6N4O5S. The van der Waals surface area contributed by atoms with Crippen LogP contribution in [0.3, 0.4) is 0 Å². The second kappa shape index (κ2) is 13.4. The number of anilines is 1. The number of nitrogens with zero attached hydrogens (tertiary/aromatic N) is 4. The summed E-state index contributed by atoms with van der Waals surface area (Å²) in [6.45, 7) is 9.96. The molecule has 16 heteroatoms. The molecule has 39 heavy (non-hydrogen) atoms. The molecule has 0 bridgehead atoms. The minimum atomic E-state index is -5.08. The third-order valence-electron chi connectivity index (χ3n) is 5.64. The lowest BCUT2D eigenvalue weighted by Gasteiger charge is -2.48. The molecule has 4 rings (SSSR count). The van der Waals surface area contributed by atoms with Gasteiger partial charge in [-0.3, -0.25) is 4.90 Å². The van der Waals surface area contributed by atoms with Gasteiger partial charge in [0.15, 0.2) is 5.82 Å². The van der Waals surface area contributed by atoms with E-state index < -0.39 is 24.3 Å². The summed E-state index contributed by atoms with van der Waals surface area (Å²) in [6, 6.07) is 8.60. The molecular weight excluding hydrogens is 558 g/mol. The Morgan fingerprint density at radius 3 is 2.08 bits per heavy atom. The number of carboxylic acid groups (broad SMARTS) is 2. The minimum absolute atomic E-state index is 0.0740. The van der Waals surface area contributed by atoms with Crippen LogP contribution in [-0.2, 0) is 20.9 Å². The summed E-state index contributed by atoms with van der Waals surface area (Å²) in [6.07, 6.45) is -7.90. The standard InChI is InChI=1S/C19H26N4OS.2C2HF3O2/c1-15-4-7-18(21-20-15)23-9-3-8-19(14-23)13-22(10-11-24-19)12-17-6-5-16(2)25-17;2*3-2(4,5)1(6)7/h4-7H,3,8-14H2,1-2H3;2*(H,6,7). The van der Waals surface area contributed by atoms with Crippen molar-refractivity contribution in [1.29, 1.82) is 0 Å². The first-order chi connectivity index (χ1) is 18.0. The molecule has 218 valence electrons. The predicted molar refractivity (Wildman–Crippen MR) is 129 cm³/mol. The van der Waals surface area contributed by atoms with E-state index >= 15 is 0 Å². The Labute approximate surface area is 224 Å². The highest BCUT2D eigenvalue weighted by Gasteiger charge is 2.41. The van der Waals surface area contributed by atoms with E-state index in [1.54, 1.807) is 0 Å². The largest absolute Gasteiger partial charge is 0.490 e. The van der Waals surface area contributed by atoms with Crippen LogP contribution in [0.25, 0.3) is 0 Å². The third-order valence-corrected chi connectivity index (χ3v) is 6.62. The molecule has 1 spiro atoms. The monoisotopic (exact) mass is 586 g/mol. The van der Waals surface area contributed by atoms with Crippen molar-refractivity contribution >= 4 is 29.1 Å². The summed E-state index contributed by atoms with van der Waals surface area (Å²) < 4.78 is 69.8. The van der Waals surface area contributed by atoms with Gasteiger partial charge < -0.3 is 19.8 Å². The van der Waals surface area contributed by atoms with Gasteiger partial charge in [-0.2, -0.15) is 31.4 Å².